The van der Waals surface area contributed by atoms with Crippen LogP contribution in [0.4, 0.5) is 0 Å². The molecule has 0 aliphatic heterocycles. The lowest BCUT2D eigenvalue weighted by molar-refractivity contribution is 0.442. The minimum atomic E-state index is 0.227. The maximum atomic E-state index is 9.86. The molecule has 0 spiro atoms. The summed E-state index contributed by atoms with van der Waals surface area (Å²) in [5.41, 5.74) is 2.37. The quantitative estimate of drug-likeness (QED) is 0.830. The van der Waals surface area contributed by atoms with E-state index in [4.69, 9.17) is 0 Å². The average molecular weight is 261 g/mol. The molecule has 1 heterocycles. The Kier molecular flexibility index (Phi) is 4.79. The fraction of sp³-hybridized carbons (Fsp3) is 0.333. The molecule has 96 valence electrons. The van der Waals surface area contributed by atoms with Crippen molar-refractivity contribution in [2.75, 3.05) is 6.54 Å². The van der Waals surface area contributed by atoms with E-state index < -0.39 is 0 Å². The number of phenolic OH excluding ortho intramolecular Hbond substituents is 1. The molecule has 2 N–H and O–H groups in total. The molecule has 0 radical (unpaired) electrons. The highest BCUT2D eigenvalue weighted by atomic mass is 32.1. The SMILES string of the molecule is CCC(NCCc1ccsc1)c1ccccc1O. The van der Waals surface area contributed by atoms with Crippen LogP contribution in [0.2, 0.25) is 0 Å². The summed E-state index contributed by atoms with van der Waals surface area (Å²) in [6, 6.07) is 9.95. The largest absolute Gasteiger partial charge is 0.508 e. The normalized spacial score (nSPS) is 12.5. The Hall–Kier alpha value is -1.32. The van der Waals surface area contributed by atoms with Crippen molar-refractivity contribution in [2.24, 2.45) is 0 Å². The van der Waals surface area contributed by atoms with Crippen molar-refractivity contribution in [1.29, 1.82) is 0 Å². The fourth-order valence-corrected chi connectivity index (χ4v) is 2.79. The van der Waals surface area contributed by atoms with Gasteiger partial charge in [-0.25, -0.2) is 0 Å². The Morgan fingerprint density at radius 1 is 1.28 bits per heavy atom. The van der Waals surface area contributed by atoms with Gasteiger partial charge >= 0.3 is 0 Å². The zero-order valence-electron chi connectivity index (χ0n) is 10.6. The average Bonchev–Trinajstić information content (AvgIpc) is 2.89. The van der Waals surface area contributed by atoms with E-state index in [0.717, 1.165) is 24.9 Å². The van der Waals surface area contributed by atoms with Crippen molar-refractivity contribution in [3.8, 4) is 5.75 Å². The van der Waals surface area contributed by atoms with E-state index in [0.29, 0.717) is 5.75 Å². The zero-order chi connectivity index (χ0) is 12.8. The number of rotatable bonds is 6. The van der Waals surface area contributed by atoms with E-state index in [1.54, 1.807) is 17.4 Å². The highest BCUT2D eigenvalue weighted by Gasteiger charge is 2.11. The van der Waals surface area contributed by atoms with Gasteiger partial charge in [0, 0.05) is 11.6 Å². The third-order valence-electron chi connectivity index (χ3n) is 3.10. The number of para-hydroxylation sites is 1. The van der Waals surface area contributed by atoms with Gasteiger partial charge in [-0.05, 0) is 47.8 Å². The van der Waals surface area contributed by atoms with Gasteiger partial charge < -0.3 is 10.4 Å². The first-order valence-electron chi connectivity index (χ1n) is 6.33. The molecule has 0 aliphatic carbocycles. The van der Waals surface area contributed by atoms with E-state index >= 15 is 0 Å². The molecule has 0 aliphatic rings. The van der Waals surface area contributed by atoms with Crippen molar-refractivity contribution in [2.45, 2.75) is 25.8 Å². The first-order chi connectivity index (χ1) is 8.81. The first kappa shape index (κ1) is 13.1. The Balaban J connectivity index is 1.91. The second-order valence-corrected chi connectivity index (χ2v) is 5.14. The van der Waals surface area contributed by atoms with Gasteiger partial charge in [-0.2, -0.15) is 11.3 Å². The van der Waals surface area contributed by atoms with Crippen LogP contribution < -0.4 is 5.32 Å². The molecule has 2 nitrogen and oxygen atoms in total. The molecular weight excluding hydrogens is 242 g/mol. The van der Waals surface area contributed by atoms with E-state index in [2.05, 4.69) is 29.1 Å². The first-order valence-corrected chi connectivity index (χ1v) is 7.28. The number of nitrogens with one attached hydrogen (secondary N) is 1. The molecule has 0 saturated carbocycles. The molecule has 0 amide bonds. The summed E-state index contributed by atoms with van der Waals surface area (Å²) in [5.74, 6) is 0.382. The molecular formula is C15H19NOS. The Morgan fingerprint density at radius 3 is 2.78 bits per heavy atom. The van der Waals surface area contributed by atoms with Gasteiger partial charge in [-0.3, -0.25) is 0 Å². The minimum absolute atomic E-state index is 0.227. The van der Waals surface area contributed by atoms with Gasteiger partial charge in [0.1, 0.15) is 5.75 Å². The van der Waals surface area contributed by atoms with Crippen LogP contribution in [0.15, 0.2) is 41.1 Å². The second kappa shape index (κ2) is 6.57. The van der Waals surface area contributed by atoms with Crippen LogP contribution in [0, 0.1) is 0 Å². The predicted octanol–water partition coefficient (Wildman–Crippen LogP) is 3.74. The van der Waals surface area contributed by atoms with Crippen molar-refractivity contribution in [3.05, 3.63) is 52.2 Å². The van der Waals surface area contributed by atoms with Gasteiger partial charge in [0.25, 0.3) is 0 Å². The van der Waals surface area contributed by atoms with Gasteiger partial charge in [-0.1, -0.05) is 25.1 Å². The molecule has 1 aromatic heterocycles. The fourth-order valence-electron chi connectivity index (χ4n) is 2.08. The topological polar surface area (TPSA) is 32.3 Å². The zero-order valence-corrected chi connectivity index (χ0v) is 11.4. The molecule has 2 rings (SSSR count). The van der Waals surface area contributed by atoms with Gasteiger partial charge in [0.15, 0.2) is 0 Å². The molecule has 18 heavy (non-hydrogen) atoms. The number of aromatic hydroxyl groups is 1. The van der Waals surface area contributed by atoms with Crippen LogP contribution in [0.3, 0.4) is 0 Å². The second-order valence-electron chi connectivity index (χ2n) is 4.36. The van der Waals surface area contributed by atoms with Crippen molar-refractivity contribution < 1.29 is 5.11 Å². The van der Waals surface area contributed by atoms with Crippen LogP contribution in [0.25, 0.3) is 0 Å². The Labute approximate surface area is 112 Å². The van der Waals surface area contributed by atoms with E-state index in [1.165, 1.54) is 5.56 Å². The summed E-state index contributed by atoms with van der Waals surface area (Å²) in [6.07, 6.45) is 2.01. The summed E-state index contributed by atoms with van der Waals surface area (Å²) in [5, 5.41) is 17.7. The number of phenols is 1. The van der Waals surface area contributed by atoms with Crippen LogP contribution in [-0.2, 0) is 6.42 Å². The lowest BCUT2D eigenvalue weighted by Gasteiger charge is -2.18. The highest BCUT2D eigenvalue weighted by molar-refractivity contribution is 7.07. The molecule has 0 saturated heterocycles. The smallest absolute Gasteiger partial charge is 0.120 e. The van der Waals surface area contributed by atoms with Gasteiger partial charge in [-0.15, -0.1) is 0 Å². The standard InChI is InChI=1S/C15H19NOS/c1-2-14(13-5-3-4-6-15(13)17)16-9-7-12-8-10-18-11-12/h3-6,8,10-11,14,16-17H,2,7,9H2,1H3. The molecule has 0 bridgehead atoms. The maximum absolute atomic E-state index is 9.86. The van der Waals surface area contributed by atoms with E-state index in [-0.39, 0.29) is 6.04 Å². The third-order valence-corrected chi connectivity index (χ3v) is 3.84. The van der Waals surface area contributed by atoms with Crippen molar-refractivity contribution in [1.82, 2.24) is 5.32 Å². The molecule has 3 heteroatoms. The van der Waals surface area contributed by atoms with Crippen molar-refractivity contribution >= 4 is 11.3 Å². The van der Waals surface area contributed by atoms with E-state index in [9.17, 15) is 5.11 Å². The Morgan fingerprint density at radius 2 is 2.11 bits per heavy atom. The number of hydrogen-bond donors (Lipinski definition) is 2. The van der Waals surface area contributed by atoms with E-state index in [1.807, 2.05) is 18.2 Å². The van der Waals surface area contributed by atoms with Crippen LogP contribution in [-0.4, -0.2) is 11.7 Å². The molecule has 2 aromatic rings. The maximum Gasteiger partial charge on any atom is 0.120 e. The number of hydrogen-bond acceptors (Lipinski definition) is 3. The number of benzene rings is 1. The predicted molar refractivity (Wildman–Crippen MR) is 77.2 cm³/mol. The van der Waals surface area contributed by atoms with Crippen molar-refractivity contribution in [3.63, 3.8) is 0 Å². The van der Waals surface area contributed by atoms with Gasteiger partial charge in [0.05, 0.1) is 0 Å². The third kappa shape index (κ3) is 3.34. The summed E-state index contributed by atoms with van der Waals surface area (Å²) in [7, 11) is 0. The molecule has 1 aromatic carbocycles. The summed E-state index contributed by atoms with van der Waals surface area (Å²) in [6.45, 7) is 3.07. The van der Waals surface area contributed by atoms with Crippen LogP contribution in [0.1, 0.15) is 30.5 Å². The Bertz CT molecular complexity index is 467. The lowest BCUT2D eigenvalue weighted by Crippen LogP contribution is -2.23. The summed E-state index contributed by atoms with van der Waals surface area (Å²) >= 11 is 1.74. The monoisotopic (exact) mass is 261 g/mol. The summed E-state index contributed by atoms with van der Waals surface area (Å²) in [4.78, 5) is 0. The molecule has 1 unspecified atom stereocenters. The van der Waals surface area contributed by atoms with Gasteiger partial charge in [0.2, 0.25) is 0 Å². The highest BCUT2D eigenvalue weighted by Crippen LogP contribution is 2.25. The number of thiophene rings is 1. The molecule has 0 fully saturated rings. The molecule has 1 atom stereocenters. The van der Waals surface area contributed by atoms with Crippen LogP contribution >= 0.6 is 11.3 Å². The minimum Gasteiger partial charge on any atom is -0.508 e. The lowest BCUT2D eigenvalue weighted by atomic mass is 10.0. The van der Waals surface area contributed by atoms with Crippen LogP contribution in [0.5, 0.6) is 5.75 Å². The summed E-state index contributed by atoms with van der Waals surface area (Å²) < 4.78 is 0.